The molecule has 0 spiro atoms. The van der Waals surface area contributed by atoms with Crippen LogP contribution in [0.5, 0.6) is 0 Å². The Morgan fingerprint density at radius 2 is 1.38 bits per heavy atom. The molecule has 3 aliphatic rings. The Morgan fingerprint density at radius 1 is 0.730 bits per heavy atom. The normalized spacial score (nSPS) is 16.7. The van der Waals surface area contributed by atoms with E-state index in [0.29, 0.717) is 5.41 Å². The third-order valence-corrected chi connectivity index (χ3v) is 8.71. The van der Waals surface area contributed by atoms with Crippen molar-refractivity contribution >= 4 is 3.21 Å². The Bertz CT molecular complexity index is 1080. The van der Waals surface area contributed by atoms with Gasteiger partial charge in [0.05, 0.1) is 0 Å². The van der Waals surface area contributed by atoms with Gasteiger partial charge in [-0.1, -0.05) is 91.5 Å². The molecular weight excluding hydrogens is 524 g/mol. The summed E-state index contributed by atoms with van der Waals surface area (Å²) in [6, 6.07) is 15.2. The summed E-state index contributed by atoms with van der Waals surface area (Å²) in [5, 5.41) is 0. The molecule has 0 aromatic heterocycles. The summed E-state index contributed by atoms with van der Waals surface area (Å²) in [5.41, 5.74) is 10.4. The van der Waals surface area contributed by atoms with Gasteiger partial charge in [-0.25, -0.2) is 6.08 Å². The van der Waals surface area contributed by atoms with Crippen LogP contribution in [0.25, 0.3) is 11.1 Å². The average molecular weight is 572 g/mol. The van der Waals surface area contributed by atoms with E-state index < -0.39 is 0 Å². The van der Waals surface area contributed by atoms with Gasteiger partial charge >= 0.3 is 59.5 Å². The maximum absolute atomic E-state index is 3.67. The van der Waals surface area contributed by atoms with Crippen molar-refractivity contribution in [2.75, 3.05) is 0 Å². The van der Waals surface area contributed by atoms with Crippen LogP contribution in [0.15, 0.2) is 48.1 Å². The van der Waals surface area contributed by atoms with Crippen molar-refractivity contribution < 1.29 is 24.2 Å². The van der Waals surface area contributed by atoms with Crippen molar-refractivity contribution in [2.45, 2.75) is 118 Å². The SMILES string of the molecule is CC(C)(C)C1=CC[C-]=C1.CC(C)(C)c1[c-]c2c(cc1)-c1ccc(C(C)(C)C)cc1C2.[Zr+2]=[C]1CCCCC1. The maximum atomic E-state index is 3.67. The van der Waals surface area contributed by atoms with E-state index in [9.17, 15) is 0 Å². The van der Waals surface area contributed by atoms with E-state index in [1.807, 2.05) is 0 Å². The molecule has 0 radical (unpaired) electrons. The first-order valence-electron chi connectivity index (χ1n) is 14.2. The molecule has 0 heterocycles. The van der Waals surface area contributed by atoms with Crippen molar-refractivity contribution in [3.63, 3.8) is 0 Å². The van der Waals surface area contributed by atoms with Crippen molar-refractivity contribution in [2.24, 2.45) is 5.41 Å². The van der Waals surface area contributed by atoms with Crippen LogP contribution >= 0.6 is 0 Å². The topological polar surface area (TPSA) is 0 Å². The van der Waals surface area contributed by atoms with Gasteiger partial charge in [-0.05, 0) is 28.4 Å². The van der Waals surface area contributed by atoms with E-state index >= 15 is 0 Å². The summed E-state index contributed by atoms with van der Waals surface area (Å²) in [7, 11) is 0. The molecule has 0 aliphatic heterocycles. The molecule has 5 rings (SSSR count). The molecule has 0 bridgehead atoms. The van der Waals surface area contributed by atoms with Gasteiger partial charge in [0.25, 0.3) is 0 Å². The quantitative estimate of drug-likeness (QED) is 0.236. The zero-order chi connectivity index (χ0) is 27.4. The van der Waals surface area contributed by atoms with Gasteiger partial charge in [-0.2, -0.15) is 35.4 Å². The van der Waals surface area contributed by atoms with E-state index in [4.69, 9.17) is 0 Å². The zero-order valence-corrected chi connectivity index (χ0v) is 27.4. The fourth-order valence-corrected chi connectivity index (χ4v) is 5.79. The van der Waals surface area contributed by atoms with E-state index in [1.54, 1.807) is 27.4 Å². The van der Waals surface area contributed by atoms with Gasteiger partial charge in [-0.15, -0.1) is 17.5 Å². The van der Waals surface area contributed by atoms with Gasteiger partial charge < -0.3 is 0 Å². The van der Waals surface area contributed by atoms with E-state index in [2.05, 4.69) is 117 Å². The van der Waals surface area contributed by atoms with Gasteiger partial charge in [0.2, 0.25) is 0 Å². The van der Waals surface area contributed by atoms with Crippen molar-refractivity contribution in [1.29, 1.82) is 0 Å². The second-order valence-electron chi connectivity index (χ2n) is 13.9. The van der Waals surface area contributed by atoms with Crippen molar-refractivity contribution in [3.8, 4) is 11.1 Å². The Hall–Kier alpha value is -1.33. The van der Waals surface area contributed by atoms with E-state index in [0.717, 1.165) is 12.8 Å². The minimum atomic E-state index is 0.167. The molecule has 0 unspecified atom stereocenters. The first kappa shape index (κ1) is 30.2. The van der Waals surface area contributed by atoms with Crippen molar-refractivity contribution in [3.05, 3.63) is 82.5 Å². The van der Waals surface area contributed by atoms with Crippen LogP contribution in [-0.2, 0) is 41.5 Å². The summed E-state index contributed by atoms with van der Waals surface area (Å²) in [6.07, 6.45) is 16.8. The zero-order valence-electron chi connectivity index (χ0n) is 25.0. The number of allylic oxidation sites excluding steroid dienone is 4. The molecule has 1 heteroatoms. The Kier molecular flexibility index (Phi) is 10.00. The van der Waals surface area contributed by atoms with Crippen LogP contribution in [0.2, 0.25) is 0 Å². The second kappa shape index (κ2) is 12.2. The standard InChI is InChI=1S/C21H25.C9H13.C6H10.Zr/c1-20(2,3)16-7-9-18-14(12-16)11-15-13-17(21(4,5)6)8-10-19(15)18;1-9(2,3)8-6-4-5-7-8;1-2-4-6-5-3-1;/h7-10,12H,11H2,1-6H3;6-7H,4H2,1-3H3;1-5H2;/q2*-1;;+2. The Balaban J connectivity index is 0.000000194. The average Bonchev–Trinajstić information content (AvgIpc) is 3.47. The van der Waals surface area contributed by atoms with Gasteiger partial charge in [-0.3, -0.25) is 6.08 Å². The molecule has 3 aliphatic carbocycles. The predicted octanol–water partition coefficient (Wildman–Crippen LogP) is 10.0. The monoisotopic (exact) mass is 570 g/mol. The molecular formula is C36H48Zr. The third-order valence-electron chi connectivity index (χ3n) is 7.48. The van der Waals surface area contributed by atoms with Gasteiger partial charge in [0.15, 0.2) is 0 Å². The van der Waals surface area contributed by atoms with Crippen LogP contribution in [0, 0.1) is 17.6 Å². The summed E-state index contributed by atoms with van der Waals surface area (Å²) < 4.78 is 1.80. The molecule has 2 aromatic rings. The summed E-state index contributed by atoms with van der Waals surface area (Å²) in [6.45, 7) is 20.3. The first-order valence-corrected chi connectivity index (χ1v) is 15.4. The molecule has 0 saturated heterocycles. The fraction of sp³-hybridized carbons (Fsp3) is 0.528. The van der Waals surface area contributed by atoms with Gasteiger partial charge in [0.1, 0.15) is 0 Å². The van der Waals surface area contributed by atoms with Crippen molar-refractivity contribution in [1.82, 2.24) is 0 Å². The third kappa shape index (κ3) is 8.58. The molecule has 1 saturated carbocycles. The number of hydrogen-bond donors (Lipinski definition) is 0. The molecule has 0 N–H and O–H groups in total. The summed E-state index contributed by atoms with van der Waals surface area (Å²) in [5.74, 6) is 0. The van der Waals surface area contributed by atoms with Crippen LogP contribution in [-0.4, -0.2) is 3.21 Å². The molecule has 37 heavy (non-hydrogen) atoms. The molecule has 0 amide bonds. The summed E-state index contributed by atoms with van der Waals surface area (Å²) >= 11 is 1.69. The fourth-order valence-electron chi connectivity index (χ4n) is 4.93. The number of fused-ring (bicyclic) bond motifs is 3. The molecule has 1 fully saturated rings. The van der Waals surface area contributed by atoms with Gasteiger partial charge in [0, 0.05) is 0 Å². The Morgan fingerprint density at radius 3 is 1.84 bits per heavy atom. The Labute approximate surface area is 243 Å². The second-order valence-corrected chi connectivity index (χ2v) is 15.7. The van der Waals surface area contributed by atoms with Crippen LogP contribution in [0.3, 0.4) is 0 Å². The molecule has 2 aromatic carbocycles. The molecule has 0 nitrogen and oxygen atoms in total. The first-order chi connectivity index (χ1) is 17.2. The predicted molar refractivity (Wildman–Crippen MR) is 159 cm³/mol. The summed E-state index contributed by atoms with van der Waals surface area (Å²) in [4.78, 5) is 0. The minimum absolute atomic E-state index is 0.167. The number of benzene rings is 2. The van der Waals surface area contributed by atoms with E-state index in [-0.39, 0.29) is 10.8 Å². The number of hydrogen-bond acceptors (Lipinski definition) is 0. The van der Waals surface area contributed by atoms with Crippen LogP contribution < -0.4 is 0 Å². The van der Waals surface area contributed by atoms with E-state index in [1.165, 1.54) is 71.1 Å². The molecule has 196 valence electrons. The van der Waals surface area contributed by atoms with Crippen LogP contribution in [0.1, 0.15) is 123 Å². The number of rotatable bonds is 0. The van der Waals surface area contributed by atoms with Crippen LogP contribution in [0.4, 0.5) is 0 Å². The molecule has 0 atom stereocenters.